The minimum Gasteiger partial charge on any atom is -0.726 e. The number of ether oxygens (including phenoxy) is 2. The number of carbonyl (C=O) groups is 2. The van der Waals surface area contributed by atoms with Gasteiger partial charge in [0.25, 0.3) is 0 Å². The Bertz CT molecular complexity index is 1250. The quantitative estimate of drug-likeness (QED) is 0.0929. The Kier molecular flexibility index (Phi) is 23.4. The fourth-order valence-electron chi connectivity index (χ4n) is 5.13. The van der Waals surface area contributed by atoms with Gasteiger partial charge in [-0.2, -0.15) is 0 Å². The van der Waals surface area contributed by atoms with E-state index in [0.29, 0.717) is 18.8 Å². The van der Waals surface area contributed by atoms with Crippen molar-refractivity contribution in [1.29, 1.82) is 0 Å². The van der Waals surface area contributed by atoms with E-state index in [-0.39, 0.29) is 101 Å². The maximum atomic E-state index is 12.8. The average Bonchev–Trinajstić information content (AvgIpc) is 2.85. The number of hydrogen-bond acceptors (Lipinski definition) is 16. The first-order valence-corrected chi connectivity index (χ1v) is 17.0. The molecule has 0 bridgehead atoms. The first-order chi connectivity index (χ1) is 19.3. The number of nitrogens with zero attached hydrogens (tertiary/aromatic N) is 1. The Morgan fingerprint density at radius 2 is 1.33 bits per heavy atom. The van der Waals surface area contributed by atoms with Gasteiger partial charge in [0.15, 0.2) is 12.4 Å². The first kappa shape index (κ1) is 48.6. The van der Waals surface area contributed by atoms with Gasteiger partial charge in [0, 0.05) is 26.6 Å². The summed E-state index contributed by atoms with van der Waals surface area (Å²) < 4.78 is 125. The molecular formula is C21H35N2Na3O16S3. The van der Waals surface area contributed by atoms with Gasteiger partial charge >= 0.3 is 88.7 Å². The van der Waals surface area contributed by atoms with Gasteiger partial charge in [-0.05, 0) is 31.6 Å². The Hall–Kier alpha value is 1.47. The molecule has 2 amide bonds. The Balaban J connectivity index is 0. The van der Waals surface area contributed by atoms with Crippen LogP contribution in [-0.4, -0.2) is 113 Å². The molecule has 2 fully saturated rings. The normalized spacial score (nSPS) is 27.2. The van der Waals surface area contributed by atoms with Crippen molar-refractivity contribution < 1.29 is 159 Å². The number of unbranched alkanes of at least 4 members (excludes halogenated alkanes) is 1. The summed E-state index contributed by atoms with van der Waals surface area (Å²) in [6.07, 6.45) is -4.90. The van der Waals surface area contributed by atoms with E-state index in [2.05, 4.69) is 24.8 Å². The van der Waals surface area contributed by atoms with Gasteiger partial charge in [-0.3, -0.25) is 22.1 Å². The number of rotatable bonds is 15. The molecule has 0 unspecified atom stereocenters. The van der Waals surface area contributed by atoms with Crippen molar-refractivity contribution in [1.82, 2.24) is 10.2 Å². The van der Waals surface area contributed by atoms with E-state index < -0.39 is 80.9 Å². The summed E-state index contributed by atoms with van der Waals surface area (Å²) in [5.74, 6) is -0.608. The van der Waals surface area contributed by atoms with Gasteiger partial charge in [-0.1, -0.05) is 26.2 Å². The van der Waals surface area contributed by atoms with E-state index in [1.807, 2.05) is 0 Å². The smallest absolute Gasteiger partial charge is 0.726 e. The topological polar surface area (TPSA) is 267 Å². The van der Waals surface area contributed by atoms with Crippen LogP contribution in [0.4, 0.5) is 0 Å². The second kappa shape index (κ2) is 21.6. The van der Waals surface area contributed by atoms with Gasteiger partial charge in [0.2, 0.25) is 43.0 Å². The largest absolute Gasteiger partial charge is 1.00 e. The van der Waals surface area contributed by atoms with Gasteiger partial charge in [0.1, 0.15) is 18.3 Å². The van der Waals surface area contributed by atoms with Crippen LogP contribution in [0.25, 0.3) is 0 Å². The molecular weight excluding hydrogens is 701 g/mol. The molecule has 2 aliphatic rings. The molecule has 45 heavy (non-hydrogen) atoms. The molecule has 5 atom stereocenters. The van der Waals surface area contributed by atoms with Gasteiger partial charge in [0.05, 0.1) is 6.54 Å². The molecule has 1 saturated carbocycles. The predicted octanol–water partition coefficient (Wildman–Crippen LogP) is -10.4. The van der Waals surface area contributed by atoms with E-state index in [1.54, 1.807) is 0 Å². The van der Waals surface area contributed by atoms with Crippen molar-refractivity contribution >= 4 is 43.0 Å². The number of amides is 2. The zero-order chi connectivity index (χ0) is 31.9. The molecule has 1 aliphatic heterocycles. The average molecular weight is 737 g/mol. The van der Waals surface area contributed by atoms with Crippen LogP contribution in [0.1, 0.15) is 58.8 Å². The molecule has 0 aromatic carbocycles. The van der Waals surface area contributed by atoms with Gasteiger partial charge in [-0.25, -0.2) is 25.3 Å². The molecule has 0 radical (unpaired) electrons. The number of methoxy groups -OCH3 is 1. The second-order valence-corrected chi connectivity index (χ2v) is 13.0. The van der Waals surface area contributed by atoms with Crippen molar-refractivity contribution in [2.75, 3.05) is 20.2 Å². The van der Waals surface area contributed by atoms with Crippen LogP contribution >= 0.6 is 0 Å². The fourth-order valence-corrected chi connectivity index (χ4v) is 6.60. The SMILES string of the molecule is CCCCC1CCC(N(CC(=O)NC[C@H]2O[C@H](OC)[C@@H](OS(=O)(=O)[O-])[C@@H](OS(=O)(=O)[O-])[C@@H]2OS(=O)(=O)[O-])C(C)=O)CC1.[Na+].[Na+].[Na+]. The van der Waals surface area contributed by atoms with Crippen LogP contribution in [0.3, 0.4) is 0 Å². The molecule has 0 aromatic heterocycles. The number of hydrogen-bond donors (Lipinski definition) is 1. The number of nitrogens with one attached hydrogen (secondary N) is 1. The first-order valence-electron chi connectivity index (χ1n) is 13.0. The summed E-state index contributed by atoms with van der Waals surface area (Å²) in [6, 6.07) is -0.205. The van der Waals surface area contributed by atoms with E-state index in [0.717, 1.165) is 39.2 Å². The van der Waals surface area contributed by atoms with Crippen LogP contribution in [-0.2, 0) is 62.8 Å². The Labute approximate surface area is 330 Å². The third kappa shape index (κ3) is 17.8. The molecule has 2 rings (SSSR count). The maximum absolute atomic E-state index is 12.8. The molecule has 1 aliphatic carbocycles. The summed E-state index contributed by atoms with van der Waals surface area (Å²) in [4.78, 5) is 26.5. The fraction of sp³-hybridized carbons (Fsp3) is 0.905. The van der Waals surface area contributed by atoms with Crippen molar-refractivity contribution in [2.45, 2.75) is 95.5 Å². The van der Waals surface area contributed by atoms with Crippen LogP contribution in [0.2, 0.25) is 0 Å². The second-order valence-electron chi connectivity index (χ2n) is 9.95. The van der Waals surface area contributed by atoms with Crippen molar-refractivity contribution in [2.24, 2.45) is 5.92 Å². The van der Waals surface area contributed by atoms with Crippen LogP contribution in [0.15, 0.2) is 0 Å². The Morgan fingerprint density at radius 3 is 1.78 bits per heavy atom. The van der Waals surface area contributed by atoms with Crippen LogP contribution in [0.5, 0.6) is 0 Å². The summed E-state index contributed by atoms with van der Waals surface area (Å²) in [6.45, 7) is 2.23. The minimum atomic E-state index is -5.78. The molecule has 18 nitrogen and oxygen atoms in total. The molecule has 24 heteroatoms. The van der Waals surface area contributed by atoms with E-state index in [4.69, 9.17) is 9.47 Å². The molecule has 1 heterocycles. The van der Waals surface area contributed by atoms with E-state index in [1.165, 1.54) is 11.8 Å². The summed E-state index contributed by atoms with van der Waals surface area (Å²) in [5.41, 5.74) is 0. The van der Waals surface area contributed by atoms with Crippen molar-refractivity contribution in [3.8, 4) is 0 Å². The van der Waals surface area contributed by atoms with Crippen LogP contribution < -0.4 is 94.0 Å². The molecule has 0 spiro atoms. The molecule has 1 N–H and O–H groups in total. The van der Waals surface area contributed by atoms with Gasteiger partial charge < -0.3 is 33.3 Å². The molecule has 246 valence electrons. The minimum absolute atomic E-state index is 0. The molecule has 1 saturated heterocycles. The monoisotopic (exact) mass is 736 g/mol. The van der Waals surface area contributed by atoms with Crippen molar-refractivity contribution in [3.05, 3.63) is 0 Å². The van der Waals surface area contributed by atoms with E-state index in [9.17, 15) is 48.5 Å². The van der Waals surface area contributed by atoms with Crippen LogP contribution in [0, 0.1) is 5.92 Å². The Morgan fingerprint density at radius 1 is 0.844 bits per heavy atom. The number of carbonyl (C=O) groups excluding carboxylic acids is 2. The molecule has 0 aromatic rings. The summed E-state index contributed by atoms with van der Waals surface area (Å²) in [7, 11) is -16.3. The van der Waals surface area contributed by atoms with E-state index >= 15 is 0 Å². The van der Waals surface area contributed by atoms with Gasteiger partial charge in [-0.15, -0.1) is 0 Å². The van der Waals surface area contributed by atoms with Crippen molar-refractivity contribution in [3.63, 3.8) is 0 Å². The summed E-state index contributed by atoms with van der Waals surface area (Å²) in [5, 5.41) is 2.33. The maximum Gasteiger partial charge on any atom is 1.00 e. The standard InChI is InChI=1S/C21H38N2O16S3.3Na/c1-4-5-6-14-7-9-15(10-8-14)23(13(2)24)12-17(25)22-11-16-18(37-40(26,27)28)19(38-41(29,30)31)20(21(35-3)36-16)39-42(32,33)34;;;/h14-16,18-21H,4-12H2,1-3H3,(H,22,25)(H,26,27,28)(H,29,30,31)(H,32,33,34);;;/q;3*+1/p-3/t14?,15?,16-,18-,19+,20+,21+;;;/m1.../s1. The predicted molar refractivity (Wildman–Crippen MR) is 135 cm³/mol. The summed E-state index contributed by atoms with van der Waals surface area (Å²) >= 11 is 0. The zero-order valence-corrected chi connectivity index (χ0v) is 34.6. The third-order valence-corrected chi connectivity index (χ3v) is 8.33. The zero-order valence-electron chi connectivity index (χ0n) is 26.1. The third-order valence-electron chi connectivity index (χ3n) is 6.95.